The van der Waals surface area contributed by atoms with E-state index in [1.165, 1.54) is 16.0 Å². The number of benzene rings is 1. The van der Waals surface area contributed by atoms with Gasteiger partial charge in [-0.2, -0.15) is 0 Å². The van der Waals surface area contributed by atoms with Crippen LogP contribution in [0.3, 0.4) is 0 Å². The van der Waals surface area contributed by atoms with Crippen LogP contribution in [0.15, 0.2) is 24.3 Å². The molecule has 1 aromatic heterocycles. The Hall–Kier alpha value is -0.930. The summed E-state index contributed by atoms with van der Waals surface area (Å²) in [5.41, 5.74) is 3.64. The molecule has 1 heterocycles. The van der Waals surface area contributed by atoms with Gasteiger partial charge in [-0.1, -0.05) is 29.8 Å². The molecule has 1 N–H and O–H groups in total. The van der Waals surface area contributed by atoms with Crippen molar-refractivity contribution in [3.05, 3.63) is 38.7 Å². The fourth-order valence-electron chi connectivity index (χ4n) is 1.40. The molecule has 0 aliphatic carbocycles. The maximum Gasteiger partial charge on any atom is 0.159 e. The molecule has 0 radical (unpaired) electrons. The Kier molecular flexibility index (Phi) is 2.52. The number of hydrogen-bond donors (Lipinski definition) is 1. The van der Waals surface area contributed by atoms with Crippen molar-refractivity contribution in [1.29, 1.82) is 0 Å². The molecule has 2 aromatic rings. The Morgan fingerprint density at radius 1 is 1.14 bits per heavy atom. The summed E-state index contributed by atoms with van der Waals surface area (Å²) >= 11 is 6.74. The van der Waals surface area contributed by atoms with Gasteiger partial charge in [-0.15, -0.1) is 11.3 Å². The minimum absolute atomic E-state index is 0.845. The zero-order chi connectivity index (χ0) is 10.1. The molecule has 72 valence electrons. The van der Waals surface area contributed by atoms with Crippen LogP contribution in [-0.2, 0) is 0 Å². The van der Waals surface area contributed by atoms with E-state index in [9.17, 15) is 0 Å². The van der Waals surface area contributed by atoms with Gasteiger partial charge >= 0.3 is 0 Å². The van der Waals surface area contributed by atoms with Crippen LogP contribution in [0.5, 0.6) is 0 Å². The number of hydrogen-bond acceptors (Lipinski definition) is 2. The Morgan fingerprint density at radius 3 is 2.29 bits per heavy atom. The average Bonchev–Trinajstić information content (AvgIpc) is 2.47. The van der Waals surface area contributed by atoms with Crippen molar-refractivity contribution in [2.75, 3.05) is 0 Å². The minimum Gasteiger partial charge on any atom is -0.337 e. The van der Waals surface area contributed by atoms with E-state index < -0.39 is 0 Å². The number of aromatic nitrogens is 1. The van der Waals surface area contributed by atoms with Gasteiger partial charge in [-0.05, 0) is 31.6 Å². The topological polar surface area (TPSA) is 15.8 Å². The van der Waals surface area contributed by atoms with Gasteiger partial charge in [0.25, 0.3) is 0 Å². The number of thiazole rings is 1. The summed E-state index contributed by atoms with van der Waals surface area (Å²) in [5, 5.41) is 0. The van der Waals surface area contributed by atoms with Crippen LogP contribution >= 0.6 is 23.6 Å². The summed E-state index contributed by atoms with van der Waals surface area (Å²) in [6.07, 6.45) is 0. The third-order valence-corrected chi connectivity index (χ3v) is 3.31. The van der Waals surface area contributed by atoms with E-state index in [2.05, 4.69) is 43.1 Å². The van der Waals surface area contributed by atoms with E-state index in [0.717, 1.165) is 9.65 Å². The lowest BCUT2D eigenvalue weighted by molar-refractivity contribution is 1.35. The van der Waals surface area contributed by atoms with Crippen molar-refractivity contribution in [2.24, 2.45) is 0 Å². The van der Waals surface area contributed by atoms with Crippen molar-refractivity contribution in [1.82, 2.24) is 4.98 Å². The smallest absolute Gasteiger partial charge is 0.159 e. The number of rotatable bonds is 1. The highest BCUT2D eigenvalue weighted by atomic mass is 32.1. The van der Waals surface area contributed by atoms with E-state index >= 15 is 0 Å². The molecular weight excluding hydrogens is 210 g/mol. The van der Waals surface area contributed by atoms with Crippen LogP contribution < -0.4 is 0 Å². The maximum absolute atomic E-state index is 5.11. The third-order valence-electron chi connectivity index (χ3n) is 2.17. The number of aryl methyl sites for hydroxylation is 2. The molecule has 0 aliphatic rings. The molecular formula is C11H11NS2. The van der Waals surface area contributed by atoms with Gasteiger partial charge in [0.2, 0.25) is 0 Å². The van der Waals surface area contributed by atoms with Crippen LogP contribution in [-0.4, -0.2) is 4.98 Å². The molecule has 0 atom stereocenters. The molecule has 1 aromatic carbocycles. The first-order chi connectivity index (χ1) is 6.66. The van der Waals surface area contributed by atoms with Crippen molar-refractivity contribution < 1.29 is 0 Å². The van der Waals surface area contributed by atoms with Crippen LogP contribution in [0.25, 0.3) is 11.3 Å². The molecule has 2 rings (SSSR count). The first-order valence-corrected chi connectivity index (χ1v) is 5.66. The zero-order valence-electron chi connectivity index (χ0n) is 8.13. The molecule has 14 heavy (non-hydrogen) atoms. The number of nitrogens with one attached hydrogen (secondary N) is 1. The SMILES string of the molecule is Cc1ccc(-c2[nH]c(=S)sc2C)cc1. The Morgan fingerprint density at radius 2 is 1.79 bits per heavy atom. The van der Waals surface area contributed by atoms with Crippen LogP contribution in [0.4, 0.5) is 0 Å². The number of aromatic amines is 1. The largest absolute Gasteiger partial charge is 0.337 e. The van der Waals surface area contributed by atoms with E-state index in [1.54, 1.807) is 11.3 Å². The van der Waals surface area contributed by atoms with Crippen LogP contribution in [0.2, 0.25) is 0 Å². The van der Waals surface area contributed by atoms with Crippen LogP contribution in [0.1, 0.15) is 10.4 Å². The Balaban J connectivity index is 2.54. The summed E-state index contributed by atoms with van der Waals surface area (Å²) in [6.45, 7) is 4.18. The lowest BCUT2D eigenvalue weighted by Crippen LogP contribution is -1.80. The Labute approximate surface area is 92.4 Å². The fourth-order valence-corrected chi connectivity index (χ4v) is 2.58. The second-order valence-electron chi connectivity index (χ2n) is 3.31. The highest BCUT2D eigenvalue weighted by Gasteiger charge is 2.03. The van der Waals surface area contributed by atoms with Gasteiger partial charge in [-0.25, -0.2) is 0 Å². The normalized spacial score (nSPS) is 10.4. The van der Waals surface area contributed by atoms with Crippen molar-refractivity contribution >= 4 is 23.6 Å². The summed E-state index contributed by atoms with van der Waals surface area (Å²) < 4.78 is 0.845. The third kappa shape index (κ3) is 1.79. The average molecular weight is 221 g/mol. The van der Waals surface area contributed by atoms with E-state index in [1.807, 2.05) is 0 Å². The van der Waals surface area contributed by atoms with Gasteiger partial charge in [0, 0.05) is 4.88 Å². The first-order valence-electron chi connectivity index (χ1n) is 4.43. The lowest BCUT2D eigenvalue weighted by atomic mass is 10.1. The number of H-pyrrole nitrogens is 1. The standard InChI is InChI=1S/C11H11NS2/c1-7-3-5-9(6-4-7)10-8(2)14-11(13)12-10/h3-6H,1-2H3,(H,12,13). The molecule has 0 saturated carbocycles. The van der Waals surface area contributed by atoms with E-state index in [-0.39, 0.29) is 0 Å². The zero-order valence-corrected chi connectivity index (χ0v) is 9.76. The summed E-state index contributed by atoms with van der Waals surface area (Å²) in [7, 11) is 0. The Bertz CT molecular complexity index is 491. The first kappa shape index (κ1) is 9.62. The predicted molar refractivity (Wildman–Crippen MR) is 64.4 cm³/mol. The monoisotopic (exact) mass is 221 g/mol. The van der Waals surface area contributed by atoms with Gasteiger partial charge in [0.05, 0.1) is 5.69 Å². The highest BCUT2D eigenvalue weighted by Crippen LogP contribution is 2.25. The van der Waals surface area contributed by atoms with Gasteiger partial charge in [-0.3, -0.25) is 0 Å². The van der Waals surface area contributed by atoms with Gasteiger partial charge in [0.15, 0.2) is 3.95 Å². The molecule has 0 bridgehead atoms. The van der Waals surface area contributed by atoms with Gasteiger partial charge in [0.1, 0.15) is 0 Å². The minimum atomic E-state index is 0.845. The molecule has 3 heteroatoms. The highest BCUT2D eigenvalue weighted by molar-refractivity contribution is 7.73. The molecule has 0 saturated heterocycles. The second kappa shape index (κ2) is 3.67. The van der Waals surface area contributed by atoms with Crippen molar-refractivity contribution in [2.45, 2.75) is 13.8 Å². The molecule has 0 unspecified atom stereocenters. The molecule has 0 spiro atoms. The van der Waals surface area contributed by atoms with Crippen molar-refractivity contribution in [3.8, 4) is 11.3 Å². The fraction of sp³-hybridized carbons (Fsp3) is 0.182. The van der Waals surface area contributed by atoms with E-state index in [0.29, 0.717) is 0 Å². The lowest BCUT2D eigenvalue weighted by Gasteiger charge is -1.99. The van der Waals surface area contributed by atoms with E-state index in [4.69, 9.17) is 12.2 Å². The predicted octanol–water partition coefficient (Wildman–Crippen LogP) is 4.09. The maximum atomic E-state index is 5.11. The second-order valence-corrected chi connectivity index (χ2v) is 5.20. The van der Waals surface area contributed by atoms with Gasteiger partial charge < -0.3 is 4.98 Å². The van der Waals surface area contributed by atoms with Crippen LogP contribution in [0, 0.1) is 17.8 Å². The summed E-state index contributed by atoms with van der Waals surface area (Å²) in [6, 6.07) is 8.47. The summed E-state index contributed by atoms with van der Waals surface area (Å²) in [5.74, 6) is 0. The molecule has 0 aliphatic heterocycles. The molecule has 1 nitrogen and oxygen atoms in total. The molecule has 0 amide bonds. The van der Waals surface area contributed by atoms with Crippen molar-refractivity contribution in [3.63, 3.8) is 0 Å². The quantitative estimate of drug-likeness (QED) is 0.717. The molecule has 0 fully saturated rings. The summed E-state index contributed by atoms with van der Waals surface area (Å²) in [4.78, 5) is 4.46.